The topological polar surface area (TPSA) is 110 Å². The molecule has 0 aliphatic rings. The molecule has 1 heterocycles. The smallest absolute Gasteiger partial charge is 0.323 e. The van der Waals surface area contributed by atoms with Gasteiger partial charge in [-0.25, -0.2) is 14.8 Å². The monoisotopic (exact) mass is 335 g/mol. The molecule has 3 amide bonds. The van der Waals surface area contributed by atoms with Gasteiger partial charge in [0.15, 0.2) is 0 Å². The Morgan fingerprint density at radius 1 is 0.920 bits per heavy atom. The zero-order valence-electron chi connectivity index (χ0n) is 13.8. The second-order valence-electron chi connectivity index (χ2n) is 5.59. The number of nitrogens with two attached hydrogens (primary N) is 1. The predicted molar refractivity (Wildman–Crippen MR) is 96.6 cm³/mol. The lowest BCUT2D eigenvalue weighted by atomic mass is 10.1. The molecule has 0 spiro atoms. The molecule has 0 saturated heterocycles. The van der Waals surface area contributed by atoms with Crippen LogP contribution in [0.4, 0.5) is 16.2 Å². The molecule has 0 bridgehead atoms. The molecular formula is C18H17N5O2. The first-order chi connectivity index (χ1) is 11.9. The number of rotatable bonds is 3. The van der Waals surface area contributed by atoms with Gasteiger partial charge in [0, 0.05) is 5.69 Å². The lowest BCUT2D eigenvalue weighted by Gasteiger charge is -2.11. The minimum Gasteiger partial charge on any atom is -0.366 e. The summed E-state index contributed by atoms with van der Waals surface area (Å²) in [6.07, 6.45) is 0. The maximum atomic E-state index is 12.2. The van der Waals surface area contributed by atoms with Crippen LogP contribution in [0.15, 0.2) is 42.5 Å². The maximum absolute atomic E-state index is 12.2. The van der Waals surface area contributed by atoms with Gasteiger partial charge in [-0.05, 0) is 44.2 Å². The van der Waals surface area contributed by atoms with Gasteiger partial charge in [-0.3, -0.25) is 4.79 Å². The Kier molecular flexibility index (Phi) is 4.30. The van der Waals surface area contributed by atoms with Crippen LogP contribution in [-0.4, -0.2) is 21.9 Å². The standard InChI is InChI=1S/C18H17N5O2/c1-10-11(2)21-16-9-12(7-8-15(16)20-10)22-18(25)23-14-6-4-3-5-13(14)17(19)24/h3-9H,1-2H3,(H2,19,24)(H2,22,23,25). The summed E-state index contributed by atoms with van der Waals surface area (Å²) in [5.74, 6) is -0.609. The zero-order valence-corrected chi connectivity index (χ0v) is 13.8. The number of carbonyl (C=O) groups excluding carboxylic acids is 2. The number of para-hydroxylation sites is 1. The third kappa shape index (κ3) is 3.55. The molecule has 4 N–H and O–H groups in total. The highest BCUT2D eigenvalue weighted by atomic mass is 16.2. The van der Waals surface area contributed by atoms with Crippen molar-refractivity contribution >= 4 is 34.3 Å². The predicted octanol–water partition coefficient (Wildman–Crippen LogP) is 2.99. The summed E-state index contributed by atoms with van der Waals surface area (Å²) in [5.41, 5.74) is 9.62. The molecule has 25 heavy (non-hydrogen) atoms. The Morgan fingerprint density at radius 3 is 2.32 bits per heavy atom. The van der Waals surface area contributed by atoms with Gasteiger partial charge in [0.1, 0.15) is 0 Å². The van der Waals surface area contributed by atoms with E-state index in [0.29, 0.717) is 16.9 Å². The number of nitrogens with zero attached hydrogens (tertiary/aromatic N) is 2. The van der Waals surface area contributed by atoms with Crippen molar-refractivity contribution in [3.05, 3.63) is 59.4 Å². The van der Waals surface area contributed by atoms with Gasteiger partial charge < -0.3 is 16.4 Å². The number of benzene rings is 2. The Labute approximate surface area is 144 Å². The van der Waals surface area contributed by atoms with E-state index in [4.69, 9.17) is 5.73 Å². The number of aromatic nitrogens is 2. The lowest BCUT2D eigenvalue weighted by molar-refractivity contribution is 0.100. The molecule has 0 atom stereocenters. The van der Waals surface area contributed by atoms with Crippen LogP contribution >= 0.6 is 0 Å². The van der Waals surface area contributed by atoms with Crippen molar-refractivity contribution in [2.24, 2.45) is 5.73 Å². The highest BCUT2D eigenvalue weighted by molar-refractivity contribution is 6.06. The van der Waals surface area contributed by atoms with E-state index in [1.807, 2.05) is 13.8 Å². The van der Waals surface area contributed by atoms with E-state index in [2.05, 4.69) is 20.6 Å². The minimum absolute atomic E-state index is 0.244. The fourth-order valence-corrected chi connectivity index (χ4v) is 2.40. The SMILES string of the molecule is Cc1nc2ccc(NC(=O)Nc3ccccc3C(N)=O)cc2nc1C. The molecule has 0 fully saturated rings. The second-order valence-corrected chi connectivity index (χ2v) is 5.59. The summed E-state index contributed by atoms with van der Waals surface area (Å²) >= 11 is 0. The molecule has 0 radical (unpaired) electrons. The van der Waals surface area contributed by atoms with Crippen LogP contribution in [-0.2, 0) is 0 Å². The summed E-state index contributed by atoms with van der Waals surface area (Å²) in [7, 11) is 0. The molecule has 7 heteroatoms. The molecule has 3 rings (SSSR count). The molecule has 0 saturated carbocycles. The minimum atomic E-state index is -0.609. The molecule has 7 nitrogen and oxygen atoms in total. The van der Waals surface area contributed by atoms with Crippen LogP contribution in [0.3, 0.4) is 0 Å². The molecular weight excluding hydrogens is 318 g/mol. The van der Waals surface area contributed by atoms with E-state index >= 15 is 0 Å². The van der Waals surface area contributed by atoms with E-state index in [1.54, 1.807) is 42.5 Å². The highest BCUT2D eigenvalue weighted by Gasteiger charge is 2.11. The number of hydrogen-bond donors (Lipinski definition) is 3. The van der Waals surface area contributed by atoms with Gasteiger partial charge in [-0.2, -0.15) is 0 Å². The van der Waals surface area contributed by atoms with E-state index in [0.717, 1.165) is 16.9 Å². The van der Waals surface area contributed by atoms with Gasteiger partial charge in [0.25, 0.3) is 5.91 Å². The summed E-state index contributed by atoms with van der Waals surface area (Å²) in [4.78, 5) is 32.5. The van der Waals surface area contributed by atoms with Gasteiger partial charge >= 0.3 is 6.03 Å². The van der Waals surface area contributed by atoms with Crippen LogP contribution in [0.25, 0.3) is 11.0 Å². The number of nitrogens with one attached hydrogen (secondary N) is 2. The summed E-state index contributed by atoms with van der Waals surface area (Å²) in [6.45, 7) is 3.78. The quantitative estimate of drug-likeness (QED) is 0.683. The fraction of sp³-hybridized carbons (Fsp3) is 0.111. The van der Waals surface area contributed by atoms with Gasteiger partial charge in [0.2, 0.25) is 0 Å². The summed E-state index contributed by atoms with van der Waals surface area (Å²) in [6, 6.07) is 11.3. The van der Waals surface area contributed by atoms with Crippen molar-refractivity contribution in [2.75, 3.05) is 10.6 Å². The van der Waals surface area contributed by atoms with E-state index < -0.39 is 11.9 Å². The number of anilines is 2. The van der Waals surface area contributed by atoms with Crippen molar-refractivity contribution in [2.45, 2.75) is 13.8 Å². The summed E-state index contributed by atoms with van der Waals surface area (Å²) < 4.78 is 0. The molecule has 3 aromatic rings. The number of fused-ring (bicyclic) bond motifs is 1. The van der Waals surface area contributed by atoms with Crippen LogP contribution < -0.4 is 16.4 Å². The van der Waals surface area contributed by atoms with Crippen LogP contribution in [0.5, 0.6) is 0 Å². The number of primary amides is 1. The molecule has 0 unspecified atom stereocenters. The number of hydrogen-bond acceptors (Lipinski definition) is 4. The number of carbonyl (C=O) groups is 2. The van der Waals surface area contributed by atoms with Crippen LogP contribution in [0.2, 0.25) is 0 Å². The number of amides is 3. The number of urea groups is 1. The average Bonchev–Trinajstić information content (AvgIpc) is 2.56. The van der Waals surface area contributed by atoms with Crippen molar-refractivity contribution < 1.29 is 9.59 Å². The molecule has 0 aliphatic carbocycles. The summed E-state index contributed by atoms with van der Waals surface area (Å²) in [5, 5.41) is 5.33. The van der Waals surface area contributed by atoms with E-state index in [-0.39, 0.29) is 5.56 Å². The molecule has 126 valence electrons. The Bertz CT molecular complexity index is 984. The van der Waals surface area contributed by atoms with Crippen molar-refractivity contribution in [3.8, 4) is 0 Å². The van der Waals surface area contributed by atoms with Crippen molar-refractivity contribution in [3.63, 3.8) is 0 Å². The second kappa shape index (κ2) is 6.56. The Morgan fingerprint density at radius 2 is 1.60 bits per heavy atom. The van der Waals surface area contributed by atoms with Crippen LogP contribution in [0.1, 0.15) is 21.7 Å². The average molecular weight is 335 g/mol. The lowest BCUT2D eigenvalue weighted by Crippen LogP contribution is -2.22. The van der Waals surface area contributed by atoms with Gasteiger partial charge in [0.05, 0.1) is 33.7 Å². The fourth-order valence-electron chi connectivity index (χ4n) is 2.40. The van der Waals surface area contributed by atoms with Crippen molar-refractivity contribution in [1.82, 2.24) is 9.97 Å². The Balaban J connectivity index is 1.80. The first-order valence-corrected chi connectivity index (χ1v) is 7.66. The van der Waals surface area contributed by atoms with Gasteiger partial charge in [-0.1, -0.05) is 12.1 Å². The van der Waals surface area contributed by atoms with E-state index in [1.165, 1.54) is 0 Å². The van der Waals surface area contributed by atoms with Crippen LogP contribution in [0, 0.1) is 13.8 Å². The third-order valence-electron chi connectivity index (χ3n) is 3.77. The first kappa shape index (κ1) is 16.4. The highest BCUT2D eigenvalue weighted by Crippen LogP contribution is 2.19. The normalized spacial score (nSPS) is 10.5. The number of aryl methyl sites for hydroxylation is 2. The van der Waals surface area contributed by atoms with Crippen molar-refractivity contribution in [1.29, 1.82) is 0 Å². The molecule has 2 aromatic carbocycles. The molecule has 1 aromatic heterocycles. The van der Waals surface area contributed by atoms with E-state index in [9.17, 15) is 9.59 Å². The Hall–Kier alpha value is -3.48. The van der Waals surface area contributed by atoms with Gasteiger partial charge in [-0.15, -0.1) is 0 Å². The first-order valence-electron chi connectivity index (χ1n) is 7.66. The largest absolute Gasteiger partial charge is 0.366 e. The third-order valence-corrected chi connectivity index (χ3v) is 3.77. The molecule has 0 aliphatic heterocycles. The maximum Gasteiger partial charge on any atom is 0.323 e. The zero-order chi connectivity index (χ0) is 18.0.